The van der Waals surface area contributed by atoms with E-state index in [9.17, 15) is 14.8 Å². The Labute approximate surface area is 71.4 Å². The predicted molar refractivity (Wildman–Crippen MR) is 43.9 cm³/mol. The van der Waals surface area contributed by atoms with Gasteiger partial charge in [0.1, 0.15) is 5.52 Å². The molecule has 0 fully saturated rings. The third kappa shape index (κ3) is 1.01. The van der Waals surface area contributed by atoms with Crippen molar-refractivity contribution in [2.75, 3.05) is 0 Å². The molecular weight excluding hydrogens is 174 g/mol. The number of para-hydroxylation sites is 2. The summed E-state index contributed by atoms with van der Waals surface area (Å²) in [6.07, 6.45) is 0. The number of nitrogens with zero attached hydrogens (tertiary/aromatic N) is 1. The zero-order valence-corrected chi connectivity index (χ0v) is 6.43. The molecule has 0 spiro atoms. The first kappa shape index (κ1) is 7.60. The number of benzene rings is 1. The first-order chi connectivity index (χ1) is 6.20. The third-order valence-electron chi connectivity index (χ3n) is 1.66. The standard InChI is InChI=1S/C8H5NO4/c10-7-8(11)13-6-4-2-1-3-5(6)9(7)12/h1-4,12H. The normalized spacial score (nSPS) is 10.5. The Kier molecular flexibility index (Phi) is 1.45. The molecule has 0 amide bonds. The van der Waals surface area contributed by atoms with E-state index in [4.69, 9.17) is 0 Å². The Morgan fingerprint density at radius 3 is 2.69 bits per heavy atom. The van der Waals surface area contributed by atoms with Crippen LogP contribution in [0.1, 0.15) is 0 Å². The Balaban J connectivity index is 3.11. The Hall–Kier alpha value is -2.04. The quantitative estimate of drug-likeness (QED) is 0.463. The molecule has 1 N–H and O–H groups in total. The van der Waals surface area contributed by atoms with Crippen LogP contribution in [0.4, 0.5) is 0 Å². The van der Waals surface area contributed by atoms with E-state index in [1.807, 2.05) is 0 Å². The van der Waals surface area contributed by atoms with E-state index in [0.29, 0.717) is 0 Å². The minimum absolute atomic E-state index is 0.173. The molecule has 5 heteroatoms. The fourth-order valence-electron chi connectivity index (χ4n) is 1.06. The molecule has 0 saturated heterocycles. The maximum Gasteiger partial charge on any atom is 0.405 e. The fraction of sp³-hybridized carbons (Fsp3) is 0. The van der Waals surface area contributed by atoms with E-state index in [0.717, 1.165) is 0 Å². The van der Waals surface area contributed by atoms with Gasteiger partial charge in [0, 0.05) is 0 Å². The highest BCUT2D eigenvalue weighted by Gasteiger charge is 2.06. The van der Waals surface area contributed by atoms with Crippen LogP contribution < -0.4 is 11.2 Å². The number of rotatable bonds is 0. The lowest BCUT2D eigenvalue weighted by Gasteiger charge is -1.98. The van der Waals surface area contributed by atoms with E-state index >= 15 is 0 Å². The van der Waals surface area contributed by atoms with Gasteiger partial charge in [-0.3, -0.25) is 4.79 Å². The number of aromatic nitrogens is 1. The van der Waals surface area contributed by atoms with Gasteiger partial charge in [-0.2, -0.15) is 0 Å². The lowest BCUT2D eigenvalue weighted by Crippen LogP contribution is -2.32. The molecule has 0 aliphatic rings. The molecule has 0 atom stereocenters. The number of hydrogen-bond donors (Lipinski definition) is 1. The Bertz CT molecular complexity index is 566. The SMILES string of the molecule is O=c1oc2ccccc2n(O)c1=O. The molecule has 0 saturated carbocycles. The van der Waals surface area contributed by atoms with Crippen LogP contribution in [0.15, 0.2) is 38.3 Å². The van der Waals surface area contributed by atoms with E-state index < -0.39 is 11.2 Å². The second-order valence-corrected chi connectivity index (χ2v) is 2.47. The minimum atomic E-state index is -1.08. The second-order valence-electron chi connectivity index (χ2n) is 2.47. The Morgan fingerprint density at radius 1 is 1.23 bits per heavy atom. The summed E-state index contributed by atoms with van der Waals surface area (Å²) < 4.78 is 4.90. The van der Waals surface area contributed by atoms with Gasteiger partial charge in [0.2, 0.25) is 0 Å². The van der Waals surface area contributed by atoms with Gasteiger partial charge in [-0.05, 0) is 12.1 Å². The molecule has 0 unspecified atom stereocenters. The molecular formula is C8H5NO4. The maximum absolute atomic E-state index is 10.9. The molecule has 0 radical (unpaired) electrons. The molecule has 1 aromatic heterocycles. The van der Waals surface area contributed by atoms with Gasteiger partial charge in [0.15, 0.2) is 5.58 Å². The van der Waals surface area contributed by atoms with Crippen LogP contribution in [0.3, 0.4) is 0 Å². The van der Waals surface area contributed by atoms with Crippen molar-refractivity contribution in [3.05, 3.63) is 45.0 Å². The topological polar surface area (TPSA) is 72.4 Å². The summed E-state index contributed by atoms with van der Waals surface area (Å²) >= 11 is 0. The van der Waals surface area contributed by atoms with Crippen LogP contribution >= 0.6 is 0 Å². The largest absolute Gasteiger partial charge is 0.424 e. The molecule has 1 aromatic carbocycles. The first-order valence-corrected chi connectivity index (χ1v) is 3.54. The Morgan fingerprint density at radius 2 is 1.92 bits per heavy atom. The van der Waals surface area contributed by atoms with Gasteiger partial charge in [0.05, 0.1) is 0 Å². The highest BCUT2D eigenvalue weighted by molar-refractivity contribution is 5.71. The van der Waals surface area contributed by atoms with Crippen LogP contribution in [0.25, 0.3) is 11.1 Å². The van der Waals surface area contributed by atoms with Crippen molar-refractivity contribution in [2.24, 2.45) is 0 Å². The average molecular weight is 179 g/mol. The van der Waals surface area contributed by atoms with E-state index in [1.54, 1.807) is 12.1 Å². The predicted octanol–water partition coefficient (Wildman–Crippen LogP) is 0.192. The van der Waals surface area contributed by atoms with Gasteiger partial charge in [0.25, 0.3) is 0 Å². The van der Waals surface area contributed by atoms with E-state index in [2.05, 4.69) is 4.42 Å². The summed E-state index contributed by atoms with van der Waals surface area (Å²) in [5, 5.41) is 9.18. The summed E-state index contributed by atoms with van der Waals surface area (Å²) in [6.45, 7) is 0. The van der Waals surface area contributed by atoms with Crippen molar-refractivity contribution in [1.29, 1.82) is 0 Å². The maximum atomic E-state index is 10.9. The zero-order chi connectivity index (χ0) is 9.42. The van der Waals surface area contributed by atoms with Crippen LogP contribution in [-0.2, 0) is 0 Å². The summed E-state index contributed by atoms with van der Waals surface area (Å²) in [7, 11) is 0. The van der Waals surface area contributed by atoms with Crippen LogP contribution in [0.5, 0.6) is 0 Å². The van der Waals surface area contributed by atoms with Crippen molar-refractivity contribution >= 4 is 11.1 Å². The average Bonchev–Trinajstić information content (AvgIpc) is 2.15. The number of fused-ring (bicyclic) bond motifs is 1. The monoisotopic (exact) mass is 179 g/mol. The van der Waals surface area contributed by atoms with Gasteiger partial charge in [-0.15, -0.1) is 4.73 Å². The summed E-state index contributed by atoms with van der Waals surface area (Å²) in [5.74, 6) is 0. The molecule has 0 bridgehead atoms. The molecule has 66 valence electrons. The van der Waals surface area contributed by atoms with Crippen molar-refractivity contribution < 1.29 is 9.62 Å². The van der Waals surface area contributed by atoms with E-state index in [-0.39, 0.29) is 15.8 Å². The molecule has 2 aromatic rings. The summed E-state index contributed by atoms with van der Waals surface area (Å²) in [4.78, 5) is 21.7. The smallest absolute Gasteiger partial charge is 0.405 e. The minimum Gasteiger partial charge on any atom is -0.424 e. The molecule has 0 aliphatic heterocycles. The van der Waals surface area contributed by atoms with Crippen molar-refractivity contribution in [1.82, 2.24) is 4.73 Å². The fourth-order valence-corrected chi connectivity index (χ4v) is 1.06. The van der Waals surface area contributed by atoms with Crippen LogP contribution in [0.2, 0.25) is 0 Å². The first-order valence-electron chi connectivity index (χ1n) is 3.54. The number of hydrogen-bond acceptors (Lipinski definition) is 4. The van der Waals surface area contributed by atoms with E-state index in [1.165, 1.54) is 12.1 Å². The van der Waals surface area contributed by atoms with Gasteiger partial charge in [-0.25, -0.2) is 4.79 Å². The van der Waals surface area contributed by atoms with Crippen molar-refractivity contribution in [3.8, 4) is 0 Å². The van der Waals surface area contributed by atoms with Gasteiger partial charge < -0.3 is 9.62 Å². The highest BCUT2D eigenvalue weighted by Crippen LogP contribution is 2.06. The third-order valence-corrected chi connectivity index (χ3v) is 1.66. The molecule has 13 heavy (non-hydrogen) atoms. The zero-order valence-electron chi connectivity index (χ0n) is 6.43. The second kappa shape index (κ2) is 2.48. The molecule has 0 aliphatic carbocycles. The lowest BCUT2D eigenvalue weighted by atomic mass is 10.3. The van der Waals surface area contributed by atoms with Crippen LogP contribution in [0, 0.1) is 0 Å². The summed E-state index contributed by atoms with van der Waals surface area (Å²) in [5.41, 5.74) is -1.82. The highest BCUT2D eigenvalue weighted by atomic mass is 16.5. The molecule has 2 rings (SSSR count). The van der Waals surface area contributed by atoms with Crippen molar-refractivity contribution in [2.45, 2.75) is 0 Å². The molecule has 1 heterocycles. The van der Waals surface area contributed by atoms with Crippen LogP contribution in [-0.4, -0.2) is 9.94 Å². The molecule has 5 nitrogen and oxygen atoms in total. The lowest BCUT2D eigenvalue weighted by molar-refractivity contribution is 0.181. The van der Waals surface area contributed by atoms with Crippen molar-refractivity contribution in [3.63, 3.8) is 0 Å². The van der Waals surface area contributed by atoms with Gasteiger partial charge >= 0.3 is 11.2 Å². The summed E-state index contributed by atoms with van der Waals surface area (Å²) in [6, 6.07) is 6.22. The van der Waals surface area contributed by atoms with Gasteiger partial charge in [-0.1, -0.05) is 12.1 Å².